The van der Waals surface area contributed by atoms with Crippen LogP contribution in [0.1, 0.15) is 47.0 Å². The van der Waals surface area contributed by atoms with Crippen molar-refractivity contribution in [3.05, 3.63) is 0 Å². The van der Waals surface area contributed by atoms with Crippen LogP contribution in [-0.2, 0) is 9.47 Å². The van der Waals surface area contributed by atoms with Gasteiger partial charge >= 0.3 is 0 Å². The van der Waals surface area contributed by atoms with E-state index in [1.165, 1.54) is 12.8 Å². The Morgan fingerprint density at radius 3 is 2.47 bits per heavy atom. The van der Waals surface area contributed by atoms with Crippen LogP contribution in [0.15, 0.2) is 0 Å². The van der Waals surface area contributed by atoms with Crippen LogP contribution in [0.5, 0.6) is 0 Å². The van der Waals surface area contributed by atoms with Crippen LogP contribution in [0, 0.1) is 0 Å². The summed E-state index contributed by atoms with van der Waals surface area (Å²) in [6, 6.07) is 0.592. The summed E-state index contributed by atoms with van der Waals surface area (Å²) in [6.07, 6.45) is 3.66. The predicted octanol–water partition coefficient (Wildman–Crippen LogP) is 2.69. The highest BCUT2D eigenvalue weighted by atomic mass is 16.5. The molecule has 0 saturated carbocycles. The standard InChI is InChI=1S/C12H23NO2.C2H6/c1-11(2)13-6-8-14-10-12(9-13)5-3-4-7-15-12;1-2/h11H,3-10H2,1-2H3;1-2H3. The van der Waals surface area contributed by atoms with E-state index < -0.39 is 0 Å². The van der Waals surface area contributed by atoms with Crippen molar-refractivity contribution in [1.29, 1.82) is 0 Å². The highest BCUT2D eigenvalue weighted by Crippen LogP contribution is 2.28. The van der Waals surface area contributed by atoms with Crippen molar-refractivity contribution in [3.63, 3.8) is 0 Å². The maximum absolute atomic E-state index is 6.00. The minimum absolute atomic E-state index is 0.000972. The van der Waals surface area contributed by atoms with Crippen molar-refractivity contribution in [3.8, 4) is 0 Å². The van der Waals surface area contributed by atoms with Crippen LogP contribution in [0.25, 0.3) is 0 Å². The van der Waals surface area contributed by atoms with Gasteiger partial charge in [0.25, 0.3) is 0 Å². The monoisotopic (exact) mass is 243 g/mol. The molecule has 3 nitrogen and oxygen atoms in total. The Morgan fingerprint density at radius 1 is 1.12 bits per heavy atom. The summed E-state index contributed by atoms with van der Waals surface area (Å²) in [5.41, 5.74) is -0.000972. The summed E-state index contributed by atoms with van der Waals surface area (Å²) >= 11 is 0. The summed E-state index contributed by atoms with van der Waals surface area (Å²) in [5, 5.41) is 0. The number of ether oxygens (including phenoxy) is 2. The summed E-state index contributed by atoms with van der Waals surface area (Å²) < 4.78 is 11.7. The third-order valence-electron chi connectivity index (χ3n) is 3.54. The molecule has 0 aromatic carbocycles. The predicted molar refractivity (Wildman–Crippen MR) is 71.4 cm³/mol. The molecular weight excluding hydrogens is 214 g/mol. The Kier molecular flexibility index (Phi) is 6.45. The molecule has 2 fully saturated rings. The van der Waals surface area contributed by atoms with E-state index in [-0.39, 0.29) is 5.60 Å². The SMILES string of the molecule is CC.CC(C)N1CCOCC2(CCCCO2)C1. The first-order valence-corrected chi connectivity index (χ1v) is 7.18. The van der Waals surface area contributed by atoms with Gasteiger partial charge in [0.1, 0.15) is 5.60 Å². The lowest BCUT2D eigenvalue weighted by atomic mass is 9.94. The van der Waals surface area contributed by atoms with Crippen molar-refractivity contribution in [1.82, 2.24) is 4.90 Å². The zero-order valence-corrected chi connectivity index (χ0v) is 12.0. The third kappa shape index (κ3) is 4.23. The minimum Gasteiger partial charge on any atom is -0.377 e. The fourth-order valence-electron chi connectivity index (χ4n) is 2.52. The van der Waals surface area contributed by atoms with Gasteiger partial charge < -0.3 is 9.47 Å². The van der Waals surface area contributed by atoms with Crippen molar-refractivity contribution in [2.24, 2.45) is 0 Å². The summed E-state index contributed by atoms with van der Waals surface area (Å²) in [6.45, 7) is 13.1. The molecule has 17 heavy (non-hydrogen) atoms. The van der Waals surface area contributed by atoms with Gasteiger partial charge in [0.15, 0.2) is 0 Å². The van der Waals surface area contributed by atoms with Gasteiger partial charge in [0.2, 0.25) is 0 Å². The van der Waals surface area contributed by atoms with Crippen molar-refractivity contribution >= 4 is 0 Å². The van der Waals surface area contributed by atoms with Crippen LogP contribution in [-0.4, -0.2) is 49.5 Å². The molecule has 0 N–H and O–H groups in total. The molecule has 1 atom stereocenters. The number of hydrogen-bond donors (Lipinski definition) is 0. The molecule has 2 saturated heterocycles. The summed E-state index contributed by atoms with van der Waals surface area (Å²) in [7, 11) is 0. The van der Waals surface area contributed by atoms with E-state index in [4.69, 9.17) is 9.47 Å². The smallest absolute Gasteiger partial charge is 0.104 e. The Morgan fingerprint density at radius 2 is 1.88 bits per heavy atom. The van der Waals surface area contributed by atoms with Gasteiger partial charge in [-0.15, -0.1) is 0 Å². The molecule has 2 heterocycles. The second-order valence-electron chi connectivity index (χ2n) is 5.11. The van der Waals surface area contributed by atoms with Gasteiger partial charge in [-0.3, -0.25) is 4.90 Å². The number of rotatable bonds is 1. The first-order valence-electron chi connectivity index (χ1n) is 7.18. The molecule has 2 aliphatic rings. The summed E-state index contributed by atoms with van der Waals surface area (Å²) in [5.74, 6) is 0. The van der Waals surface area contributed by atoms with Crippen LogP contribution in [0.3, 0.4) is 0 Å². The summed E-state index contributed by atoms with van der Waals surface area (Å²) in [4.78, 5) is 2.48. The Labute approximate surface area is 106 Å². The number of hydrogen-bond acceptors (Lipinski definition) is 3. The van der Waals surface area contributed by atoms with Gasteiger partial charge in [-0.1, -0.05) is 13.8 Å². The molecule has 1 unspecified atom stereocenters. The maximum Gasteiger partial charge on any atom is 0.104 e. The van der Waals surface area contributed by atoms with E-state index in [9.17, 15) is 0 Å². The van der Waals surface area contributed by atoms with Gasteiger partial charge in [0.05, 0.1) is 13.2 Å². The molecule has 3 heteroatoms. The van der Waals surface area contributed by atoms with Crippen molar-refractivity contribution < 1.29 is 9.47 Å². The quantitative estimate of drug-likeness (QED) is 0.707. The zero-order chi connectivity index (χ0) is 12.7. The molecule has 0 aromatic heterocycles. The second-order valence-corrected chi connectivity index (χ2v) is 5.11. The average molecular weight is 243 g/mol. The minimum atomic E-state index is -0.000972. The van der Waals surface area contributed by atoms with E-state index in [1.807, 2.05) is 13.8 Å². The van der Waals surface area contributed by atoms with Crippen molar-refractivity contribution in [2.45, 2.75) is 58.6 Å². The maximum atomic E-state index is 6.00. The molecule has 1 spiro atoms. The van der Waals surface area contributed by atoms with E-state index in [0.717, 1.165) is 39.3 Å². The molecule has 0 aromatic rings. The topological polar surface area (TPSA) is 21.7 Å². The molecule has 0 radical (unpaired) electrons. The van der Waals surface area contributed by atoms with E-state index in [0.29, 0.717) is 6.04 Å². The lowest BCUT2D eigenvalue weighted by Gasteiger charge is -2.39. The fourth-order valence-corrected chi connectivity index (χ4v) is 2.52. The first-order chi connectivity index (χ1) is 8.22. The third-order valence-corrected chi connectivity index (χ3v) is 3.54. The fraction of sp³-hybridized carbons (Fsp3) is 1.00. The van der Waals surface area contributed by atoms with Gasteiger partial charge in [-0.2, -0.15) is 0 Å². The second kappa shape index (κ2) is 7.34. The molecule has 0 aliphatic carbocycles. The van der Waals surface area contributed by atoms with Crippen LogP contribution in [0.2, 0.25) is 0 Å². The Balaban J connectivity index is 0.000000686. The van der Waals surface area contributed by atoms with Gasteiger partial charge in [-0.25, -0.2) is 0 Å². The lowest BCUT2D eigenvalue weighted by molar-refractivity contribution is -0.120. The normalized spacial score (nSPS) is 30.9. The highest BCUT2D eigenvalue weighted by molar-refractivity contribution is 4.89. The lowest BCUT2D eigenvalue weighted by Crippen LogP contribution is -2.50. The molecular formula is C14H29NO2. The van der Waals surface area contributed by atoms with E-state index in [1.54, 1.807) is 0 Å². The van der Waals surface area contributed by atoms with Crippen LogP contribution < -0.4 is 0 Å². The van der Waals surface area contributed by atoms with Crippen LogP contribution >= 0.6 is 0 Å². The van der Waals surface area contributed by atoms with Crippen LogP contribution in [0.4, 0.5) is 0 Å². The average Bonchev–Trinajstić information content (AvgIpc) is 2.56. The Hall–Kier alpha value is -0.120. The first kappa shape index (κ1) is 14.9. The number of nitrogens with zero attached hydrogens (tertiary/aromatic N) is 1. The molecule has 2 aliphatic heterocycles. The molecule has 2 rings (SSSR count). The highest BCUT2D eigenvalue weighted by Gasteiger charge is 2.37. The van der Waals surface area contributed by atoms with E-state index in [2.05, 4.69) is 18.7 Å². The van der Waals surface area contributed by atoms with Gasteiger partial charge in [0, 0.05) is 25.7 Å². The largest absolute Gasteiger partial charge is 0.377 e. The van der Waals surface area contributed by atoms with Crippen molar-refractivity contribution in [2.75, 3.05) is 32.9 Å². The van der Waals surface area contributed by atoms with Gasteiger partial charge in [-0.05, 0) is 33.1 Å². The molecule has 0 bridgehead atoms. The zero-order valence-electron chi connectivity index (χ0n) is 12.0. The molecule has 102 valence electrons. The van der Waals surface area contributed by atoms with E-state index >= 15 is 0 Å². The Bertz CT molecular complexity index is 200. The molecule has 0 amide bonds.